The van der Waals surface area contributed by atoms with E-state index in [4.69, 9.17) is 5.10 Å². The van der Waals surface area contributed by atoms with E-state index in [1.165, 1.54) is 6.07 Å². The van der Waals surface area contributed by atoms with Crippen LogP contribution in [0.25, 0.3) is 16.9 Å². The molecular weight excluding hydrogens is 364 g/mol. The summed E-state index contributed by atoms with van der Waals surface area (Å²) in [5, 5.41) is 4.77. The van der Waals surface area contributed by atoms with Gasteiger partial charge in [-0.25, -0.2) is 4.52 Å². The number of benzene rings is 1. The van der Waals surface area contributed by atoms with Gasteiger partial charge in [-0.05, 0) is 61.6 Å². The lowest BCUT2D eigenvalue weighted by Crippen LogP contribution is -2.26. The molecule has 0 amide bonds. The molecule has 0 unspecified atom stereocenters. The summed E-state index contributed by atoms with van der Waals surface area (Å²) < 4.78 is 33.0. The average Bonchev–Trinajstić information content (AvgIpc) is 2.98. The first-order valence-electron chi connectivity index (χ1n) is 9.49. The van der Waals surface area contributed by atoms with Crippen molar-refractivity contribution in [2.75, 3.05) is 0 Å². The van der Waals surface area contributed by atoms with Crippen LogP contribution in [0.3, 0.4) is 0 Å². The van der Waals surface area contributed by atoms with Gasteiger partial charge in [0.25, 0.3) is 5.56 Å². The standard InChI is InChI=1S/C21H25F2N3O2/c1-6-14-11-15(28-21(22)23)8-9-16(14)19-24-26-13(5)10-17(12(3)4)18(26)20(27)25(19)7-2/h8-12,21H,6-7H2,1-5H3. The largest absolute Gasteiger partial charge is 0.435 e. The minimum atomic E-state index is -2.88. The van der Waals surface area contributed by atoms with Crippen molar-refractivity contribution < 1.29 is 13.5 Å². The monoisotopic (exact) mass is 389 g/mol. The molecule has 0 N–H and O–H groups in total. The molecule has 2 heterocycles. The number of fused-ring (bicyclic) bond motifs is 1. The Kier molecular flexibility index (Phi) is 5.54. The molecule has 0 saturated heterocycles. The van der Waals surface area contributed by atoms with Crippen molar-refractivity contribution >= 4 is 5.52 Å². The zero-order chi connectivity index (χ0) is 20.6. The Balaban J connectivity index is 2.29. The van der Waals surface area contributed by atoms with Crippen LogP contribution in [0.15, 0.2) is 29.1 Å². The minimum Gasteiger partial charge on any atom is -0.435 e. The summed E-state index contributed by atoms with van der Waals surface area (Å²) >= 11 is 0. The molecule has 0 radical (unpaired) electrons. The van der Waals surface area contributed by atoms with Crippen LogP contribution in [0.1, 0.15) is 50.4 Å². The predicted octanol–water partition coefficient (Wildman–Crippen LogP) is 4.78. The van der Waals surface area contributed by atoms with Crippen molar-refractivity contribution in [2.24, 2.45) is 0 Å². The molecule has 0 fully saturated rings. The highest BCUT2D eigenvalue weighted by Gasteiger charge is 2.20. The summed E-state index contributed by atoms with van der Waals surface area (Å²) in [6.45, 7) is 7.42. The van der Waals surface area contributed by atoms with E-state index in [1.54, 1.807) is 21.2 Å². The fraction of sp³-hybridized carbons (Fsp3) is 0.429. The van der Waals surface area contributed by atoms with E-state index < -0.39 is 6.61 Å². The van der Waals surface area contributed by atoms with E-state index in [-0.39, 0.29) is 17.2 Å². The van der Waals surface area contributed by atoms with Crippen LogP contribution in [0, 0.1) is 6.92 Å². The molecule has 0 aliphatic heterocycles. The summed E-state index contributed by atoms with van der Waals surface area (Å²) in [7, 11) is 0. The maximum absolute atomic E-state index is 13.3. The van der Waals surface area contributed by atoms with Gasteiger partial charge in [-0.1, -0.05) is 20.8 Å². The van der Waals surface area contributed by atoms with Gasteiger partial charge in [0.05, 0.1) is 0 Å². The molecule has 0 bridgehead atoms. The maximum atomic E-state index is 13.3. The van der Waals surface area contributed by atoms with E-state index in [1.807, 2.05) is 26.8 Å². The first kappa shape index (κ1) is 20.0. The highest BCUT2D eigenvalue weighted by atomic mass is 19.3. The SMILES string of the molecule is CCc1cc(OC(F)F)ccc1-c1nn2c(C)cc(C(C)C)c2c(=O)n1CC. The first-order valence-corrected chi connectivity index (χ1v) is 9.49. The van der Waals surface area contributed by atoms with Gasteiger partial charge in [-0.2, -0.15) is 8.78 Å². The Bertz CT molecular complexity index is 1070. The van der Waals surface area contributed by atoms with Crippen LogP contribution in [0.5, 0.6) is 5.75 Å². The molecule has 5 nitrogen and oxygen atoms in total. The molecular formula is C21H25F2N3O2. The van der Waals surface area contributed by atoms with Crippen molar-refractivity contribution in [3.8, 4) is 17.1 Å². The number of ether oxygens (including phenoxy) is 1. The summed E-state index contributed by atoms with van der Waals surface area (Å²) in [6, 6.07) is 6.76. The fourth-order valence-electron chi connectivity index (χ4n) is 3.56. The smallest absolute Gasteiger partial charge is 0.387 e. The number of halogens is 2. The lowest BCUT2D eigenvalue weighted by Gasteiger charge is -2.16. The summed E-state index contributed by atoms with van der Waals surface area (Å²) in [4.78, 5) is 13.3. The van der Waals surface area contributed by atoms with Gasteiger partial charge < -0.3 is 4.74 Å². The molecule has 0 spiro atoms. The van der Waals surface area contributed by atoms with Gasteiger partial charge >= 0.3 is 6.61 Å². The number of hydrogen-bond donors (Lipinski definition) is 0. The van der Waals surface area contributed by atoms with Crippen molar-refractivity contribution in [1.29, 1.82) is 0 Å². The third kappa shape index (κ3) is 3.41. The summed E-state index contributed by atoms with van der Waals surface area (Å²) in [5.74, 6) is 0.821. The molecule has 2 aromatic heterocycles. The highest BCUT2D eigenvalue weighted by molar-refractivity contribution is 5.65. The Morgan fingerprint density at radius 2 is 1.89 bits per heavy atom. The van der Waals surface area contributed by atoms with Gasteiger partial charge in [0.15, 0.2) is 5.82 Å². The lowest BCUT2D eigenvalue weighted by atomic mass is 10.0. The number of nitrogens with zero attached hydrogens (tertiary/aromatic N) is 3. The minimum absolute atomic E-state index is 0.0979. The second kappa shape index (κ2) is 7.73. The Labute approximate surface area is 162 Å². The zero-order valence-corrected chi connectivity index (χ0v) is 16.8. The van der Waals surface area contributed by atoms with Crippen LogP contribution in [-0.2, 0) is 13.0 Å². The molecule has 1 aromatic carbocycles. The van der Waals surface area contributed by atoms with Crippen LogP contribution < -0.4 is 10.3 Å². The third-order valence-corrected chi connectivity index (χ3v) is 4.94. The Hall–Kier alpha value is -2.70. The van der Waals surface area contributed by atoms with Crippen LogP contribution in [0.2, 0.25) is 0 Å². The predicted molar refractivity (Wildman–Crippen MR) is 105 cm³/mol. The second-order valence-electron chi connectivity index (χ2n) is 7.08. The molecule has 150 valence electrons. The van der Waals surface area contributed by atoms with Crippen molar-refractivity contribution in [2.45, 2.75) is 60.1 Å². The Morgan fingerprint density at radius 1 is 1.18 bits per heavy atom. The highest BCUT2D eigenvalue weighted by Crippen LogP contribution is 2.29. The van der Waals surface area contributed by atoms with E-state index >= 15 is 0 Å². The van der Waals surface area contributed by atoms with Crippen LogP contribution >= 0.6 is 0 Å². The van der Waals surface area contributed by atoms with Crippen molar-refractivity contribution in [3.63, 3.8) is 0 Å². The summed E-state index contributed by atoms with van der Waals surface area (Å²) in [5.41, 5.74) is 3.88. The van der Waals surface area contributed by atoms with E-state index in [2.05, 4.69) is 18.6 Å². The molecule has 28 heavy (non-hydrogen) atoms. The van der Waals surface area contributed by atoms with Crippen molar-refractivity contribution in [1.82, 2.24) is 14.2 Å². The Morgan fingerprint density at radius 3 is 2.46 bits per heavy atom. The van der Waals surface area contributed by atoms with Gasteiger partial charge in [0.2, 0.25) is 0 Å². The van der Waals surface area contributed by atoms with Gasteiger partial charge in [-0.15, -0.1) is 5.10 Å². The maximum Gasteiger partial charge on any atom is 0.387 e. The van der Waals surface area contributed by atoms with Gasteiger partial charge in [-0.3, -0.25) is 9.36 Å². The topological polar surface area (TPSA) is 48.5 Å². The zero-order valence-electron chi connectivity index (χ0n) is 16.8. The average molecular weight is 389 g/mol. The van der Waals surface area contributed by atoms with Crippen LogP contribution in [0.4, 0.5) is 8.78 Å². The molecule has 0 aliphatic carbocycles. The van der Waals surface area contributed by atoms with Crippen molar-refractivity contribution in [3.05, 3.63) is 51.4 Å². The third-order valence-electron chi connectivity index (χ3n) is 4.94. The van der Waals surface area contributed by atoms with Crippen LogP contribution in [-0.4, -0.2) is 20.8 Å². The normalized spacial score (nSPS) is 11.8. The molecule has 0 saturated carbocycles. The summed E-state index contributed by atoms with van der Waals surface area (Å²) in [6.07, 6.45) is 0.593. The molecule has 7 heteroatoms. The van der Waals surface area contributed by atoms with E-state index in [0.29, 0.717) is 24.3 Å². The molecule has 3 aromatic rings. The fourth-order valence-corrected chi connectivity index (χ4v) is 3.56. The quantitative estimate of drug-likeness (QED) is 0.610. The number of aromatic nitrogens is 3. The molecule has 0 atom stereocenters. The number of hydrogen-bond acceptors (Lipinski definition) is 3. The van der Waals surface area contributed by atoms with E-state index in [0.717, 1.165) is 22.4 Å². The number of aryl methyl sites for hydroxylation is 2. The molecule has 3 rings (SSSR count). The number of alkyl halides is 2. The molecule has 0 aliphatic rings. The lowest BCUT2D eigenvalue weighted by molar-refractivity contribution is -0.0498. The van der Waals surface area contributed by atoms with Gasteiger partial charge in [0.1, 0.15) is 11.3 Å². The number of rotatable bonds is 6. The van der Waals surface area contributed by atoms with Gasteiger partial charge in [0, 0.05) is 17.8 Å². The van der Waals surface area contributed by atoms with E-state index in [9.17, 15) is 13.6 Å². The first-order chi connectivity index (χ1) is 13.3. The second-order valence-corrected chi connectivity index (χ2v) is 7.08.